The van der Waals surface area contributed by atoms with Crippen molar-refractivity contribution in [1.82, 2.24) is 10.2 Å². The SMILES string of the molecule is CCN(CC)CCNC(=O)c1ccc(NC(=O)C(C)C)c(Cl)c1. The summed E-state index contributed by atoms with van der Waals surface area (Å²) in [6.45, 7) is 11.1. The molecule has 1 rings (SSSR count). The predicted molar refractivity (Wildman–Crippen MR) is 95.0 cm³/mol. The average Bonchev–Trinajstić information content (AvgIpc) is 2.53. The number of rotatable bonds is 8. The summed E-state index contributed by atoms with van der Waals surface area (Å²) in [5.41, 5.74) is 1.00. The van der Waals surface area contributed by atoms with Gasteiger partial charge in [-0.2, -0.15) is 0 Å². The second-order valence-electron chi connectivity index (χ2n) is 5.62. The van der Waals surface area contributed by atoms with Crippen LogP contribution in [-0.4, -0.2) is 42.9 Å². The number of carbonyl (C=O) groups excluding carboxylic acids is 2. The molecule has 0 saturated heterocycles. The molecule has 0 aliphatic carbocycles. The van der Waals surface area contributed by atoms with Crippen molar-refractivity contribution < 1.29 is 9.59 Å². The van der Waals surface area contributed by atoms with Crippen molar-refractivity contribution in [2.45, 2.75) is 27.7 Å². The van der Waals surface area contributed by atoms with E-state index >= 15 is 0 Å². The molecule has 0 heterocycles. The van der Waals surface area contributed by atoms with Crippen LogP contribution >= 0.6 is 11.6 Å². The average molecular weight is 340 g/mol. The first-order valence-electron chi connectivity index (χ1n) is 8.00. The van der Waals surface area contributed by atoms with Gasteiger partial charge in [0.05, 0.1) is 10.7 Å². The maximum Gasteiger partial charge on any atom is 0.251 e. The monoisotopic (exact) mass is 339 g/mol. The van der Waals surface area contributed by atoms with Gasteiger partial charge in [-0.05, 0) is 31.3 Å². The van der Waals surface area contributed by atoms with Crippen molar-refractivity contribution in [3.05, 3.63) is 28.8 Å². The summed E-state index contributed by atoms with van der Waals surface area (Å²) >= 11 is 6.15. The van der Waals surface area contributed by atoms with Crippen molar-refractivity contribution in [2.75, 3.05) is 31.5 Å². The number of nitrogens with zero attached hydrogens (tertiary/aromatic N) is 1. The maximum atomic E-state index is 12.1. The number of carbonyl (C=O) groups is 2. The van der Waals surface area contributed by atoms with E-state index in [1.807, 2.05) is 0 Å². The van der Waals surface area contributed by atoms with E-state index in [9.17, 15) is 9.59 Å². The third kappa shape index (κ3) is 6.20. The molecule has 0 aromatic heterocycles. The Hall–Kier alpha value is -1.59. The summed E-state index contributed by atoms with van der Waals surface area (Å²) in [4.78, 5) is 26.0. The van der Waals surface area contributed by atoms with Crippen LogP contribution in [0, 0.1) is 5.92 Å². The van der Waals surface area contributed by atoms with Crippen LogP contribution in [-0.2, 0) is 4.79 Å². The molecule has 0 spiro atoms. The Kier molecular flexibility index (Phi) is 8.06. The highest BCUT2D eigenvalue weighted by molar-refractivity contribution is 6.34. The molecular formula is C17H26ClN3O2. The summed E-state index contributed by atoms with van der Waals surface area (Å²) in [6, 6.07) is 4.89. The number of benzene rings is 1. The summed E-state index contributed by atoms with van der Waals surface area (Å²) in [7, 11) is 0. The zero-order chi connectivity index (χ0) is 17.4. The number of nitrogens with one attached hydrogen (secondary N) is 2. The maximum absolute atomic E-state index is 12.1. The zero-order valence-electron chi connectivity index (χ0n) is 14.3. The minimum absolute atomic E-state index is 0.108. The molecule has 2 N–H and O–H groups in total. The van der Waals surface area contributed by atoms with E-state index in [1.54, 1.807) is 32.0 Å². The van der Waals surface area contributed by atoms with Crippen molar-refractivity contribution in [1.29, 1.82) is 0 Å². The van der Waals surface area contributed by atoms with Crippen LogP contribution in [0.25, 0.3) is 0 Å². The van der Waals surface area contributed by atoms with Gasteiger partial charge in [-0.3, -0.25) is 9.59 Å². The van der Waals surface area contributed by atoms with Gasteiger partial charge >= 0.3 is 0 Å². The lowest BCUT2D eigenvalue weighted by atomic mass is 10.1. The highest BCUT2D eigenvalue weighted by atomic mass is 35.5. The summed E-state index contributed by atoms with van der Waals surface area (Å²) < 4.78 is 0. The quantitative estimate of drug-likeness (QED) is 0.765. The van der Waals surface area contributed by atoms with E-state index in [0.29, 0.717) is 22.8 Å². The number of likely N-dealkylation sites (N-methyl/N-ethyl adjacent to an activating group) is 1. The first-order chi connectivity index (χ1) is 10.9. The standard InChI is InChI=1S/C17H26ClN3O2/c1-5-21(6-2)10-9-19-17(23)13-7-8-15(14(18)11-13)20-16(22)12(3)4/h7-8,11-12H,5-6,9-10H2,1-4H3,(H,19,23)(H,20,22). The Bertz CT molecular complexity index is 543. The second kappa shape index (κ2) is 9.53. The minimum atomic E-state index is -0.166. The highest BCUT2D eigenvalue weighted by Gasteiger charge is 2.12. The Labute approximate surface area is 143 Å². The third-order valence-corrected chi connectivity index (χ3v) is 3.93. The third-order valence-electron chi connectivity index (χ3n) is 3.62. The van der Waals surface area contributed by atoms with Crippen molar-refractivity contribution in [3.63, 3.8) is 0 Å². The van der Waals surface area contributed by atoms with E-state index in [4.69, 9.17) is 11.6 Å². The van der Waals surface area contributed by atoms with Gasteiger partial charge in [-0.15, -0.1) is 0 Å². The molecule has 128 valence electrons. The normalized spacial score (nSPS) is 10.9. The number of halogens is 1. The fourth-order valence-electron chi connectivity index (χ4n) is 2.00. The van der Waals surface area contributed by atoms with E-state index in [2.05, 4.69) is 29.4 Å². The number of hydrogen-bond acceptors (Lipinski definition) is 3. The van der Waals surface area contributed by atoms with E-state index in [0.717, 1.165) is 19.6 Å². The lowest BCUT2D eigenvalue weighted by Crippen LogP contribution is -2.34. The zero-order valence-corrected chi connectivity index (χ0v) is 15.0. The van der Waals surface area contributed by atoms with Crippen LogP contribution in [0.5, 0.6) is 0 Å². The van der Waals surface area contributed by atoms with Crippen LogP contribution < -0.4 is 10.6 Å². The van der Waals surface area contributed by atoms with Crippen LogP contribution in [0.15, 0.2) is 18.2 Å². The molecule has 1 aromatic rings. The second-order valence-corrected chi connectivity index (χ2v) is 6.03. The Morgan fingerprint density at radius 1 is 1.22 bits per heavy atom. The van der Waals surface area contributed by atoms with Crippen LogP contribution in [0.3, 0.4) is 0 Å². The van der Waals surface area contributed by atoms with Crippen LogP contribution in [0.4, 0.5) is 5.69 Å². The van der Waals surface area contributed by atoms with Crippen molar-refractivity contribution >= 4 is 29.1 Å². The Balaban J connectivity index is 2.62. The fourth-order valence-corrected chi connectivity index (χ4v) is 2.23. The number of anilines is 1. The molecule has 0 radical (unpaired) electrons. The smallest absolute Gasteiger partial charge is 0.251 e. The lowest BCUT2D eigenvalue weighted by Gasteiger charge is -2.18. The first-order valence-corrected chi connectivity index (χ1v) is 8.37. The van der Waals surface area contributed by atoms with Crippen molar-refractivity contribution in [3.8, 4) is 0 Å². The molecule has 0 saturated carbocycles. The Morgan fingerprint density at radius 2 is 1.87 bits per heavy atom. The summed E-state index contributed by atoms with van der Waals surface area (Å²) in [5, 5.41) is 5.97. The molecule has 0 fully saturated rings. The molecule has 0 unspecified atom stereocenters. The van der Waals surface area contributed by atoms with Gasteiger partial charge in [0.25, 0.3) is 5.91 Å². The molecule has 1 aromatic carbocycles. The van der Waals surface area contributed by atoms with E-state index < -0.39 is 0 Å². The molecule has 23 heavy (non-hydrogen) atoms. The molecule has 6 heteroatoms. The minimum Gasteiger partial charge on any atom is -0.351 e. The van der Waals surface area contributed by atoms with Gasteiger partial charge in [0.1, 0.15) is 0 Å². The molecule has 0 bridgehead atoms. The lowest BCUT2D eigenvalue weighted by molar-refractivity contribution is -0.118. The molecule has 5 nitrogen and oxygen atoms in total. The number of amides is 2. The summed E-state index contributed by atoms with van der Waals surface area (Å²) in [5.74, 6) is -0.404. The van der Waals surface area contributed by atoms with Gasteiger partial charge in [0.2, 0.25) is 5.91 Å². The predicted octanol–water partition coefficient (Wildman–Crippen LogP) is 3.01. The molecule has 0 aliphatic rings. The summed E-state index contributed by atoms with van der Waals surface area (Å²) in [6.07, 6.45) is 0. The Morgan fingerprint density at radius 3 is 2.39 bits per heavy atom. The molecule has 0 atom stereocenters. The van der Waals surface area contributed by atoms with Gasteiger partial charge in [-0.1, -0.05) is 39.3 Å². The highest BCUT2D eigenvalue weighted by Crippen LogP contribution is 2.23. The van der Waals surface area contributed by atoms with E-state index in [-0.39, 0.29) is 17.7 Å². The van der Waals surface area contributed by atoms with Crippen LogP contribution in [0.2, 0.25) is 5.02 Å². The van der Waals surface area contributed by atoms with Gasteiger partial charge < -0.3 is 15.5 Å². The molecule has 0 aliphatic heterocycles. The number of hydrogen-bond donors (Lipinski definition) is 2. The topological polar surface area (TPSA) is 61.4 Å². The fraction of sp³-hybridized carbons (Fsp3) is 0.529. The van der Waals surface area contributed by atoms with Crippen molar-refractivity contribution in [2.24, 2.45) is 5.92 Å². The molecule has 2 amide bonds. The van der Waals surface area contributed by atoms with Gasteiger partial charge in [0, 0.05) is 24.6 Å². The van der Waals surface area contributed by atoms with Gasteiger partial charge in [-0.25, -0.2) is 0 Å². The van der Waals surface area contributed by atoms with Gasteiger partial charge in [0.15, 0.2) is 0 Å². The first kappa shape index (κ1) is 19.5. The van der Waals surface area contributed by atoms with E-state index in [1.165, 1.54) is 0 Å². The molecular weight excluding hydrogens is 314 g/mol. The van der Waals surface area contributed by atoms with Crippen LogP contribution in [0.1, 0.15) is 38.1 Å². The largest absolute Gasteiger partial charge is 0.351 e.